The van der Waals surface area contributed by atoms with Gasteiger partial charge in [0.1, 0.15) is 5.75 Å². The molecule has 0 unspecified atom stereocenters. The Labute approximate surface area is 151 Å². The Bertz CT molecular complexity index is 871. The Morgan fingerprint density at radius 3 is 2.76 bits per heavy atom. The van der Waals surface area contributed by atoms with Gasteiger partial charge in [-0.25, -0.2) is 17.7 Å². The Kier molecular flexibility index (Phi) is 5.26. The maximum absolute atomic E-state index is 12.5. The Morgan fingerprint density at radius 2 is 2.12 bits per heavy atom. The number of carbonyl (C=O) groups excluding carboxylic acids is 1. The second-order valence-corrected chi connectivity index (χ2v) is 9.20. The lowest BCUT2D eigenvalue weighted by atomic mass is 9.97. The number of nitrogens with one attached hydrogen (secondary N) is 1. The fourth-order valence-corrected chi connectivity index (χ4v) is 4.90. The number of hydrogen-bond acceptors (Lipinski definition) is 6. The average molecular weight is 383 g/mol. The normalized spacial score (nSPS) is 16.9. The highest BCUT2D eigenvalue weighted by Gasteiger charge is 2.30. The highest BCUT2D eigenvalue weighted by atomic mass is 32.2. The number of rotatable bonds is 5. The third-order valence-corrected chi connectivity index (χ3v) is 7.22. The number of ether oxygens (including phenoxy) is 1. The van der Waals surface area contributed by atoms with Crippen molar-refractivity contribution in [1.82, 2.24) is 9.29 Å². The number of aromatic nitrogens is 1. The zero-order chi connectivity index (χ0) is 18.0. The van der Waals surface area contributed by atoms with Crippen molar-refractivity contribution in [3.05, 3.63) is 18.2 Å². The summed E-state index contributed by atoms with van der Waals surface area (Å²) in [6, 6.07) is 5.57. The summed E-state index contributed by atoms with van der Waals surface area (Å²) >= 11 is 1.40. The molecule has 3 rings (SSSR count). The number of anilines is 1. The maximum Gasteiger partial charge on any atom is 0.229 e. The number of nitrogens with zero attached hydrogens (tertiary/aromatic N) is 2. The lowest BCUT2D eigenvalue weighted by Crippen LogP contribution is -2.42. The van der Waals surface area contributed by atoms with Crippen molar-refractivity contribution in [2.75, 3.05) is 31.3 Å². The predicted octanol–water partition coefficient (Wildman–Crippen LogP) is 2.31. The van der Waals surface area contributed by atoms with Crippen LogP contribution in [-0.4, -0.2) is 49.6 Å². The highest BCUT2D eigenvalue weighted by Crippen LogP contribution is 2.30. The number of carbonyl (C=O) groups is 1. The van der Waals surface area contributed by atoms with Crippen molar-refractivity contribution >= 4 is 42.6 Å². The molecule has 7 nitrogen and oxygen atoms in total. The number of amides is 1. The van der Waals surface area contributed by atoms with Crippen molar-refractivity contribution in [3.8, 4) is 5.75 Å². The molecule has 1 fully saturated rings. The first kappa shape index (κ1) is 18.1. The van der Waals surface area contributed by atoms with Gasteiger partial charge in [-0.1, -0.05) is 11.3 Å². The molecule has 1 saturated heterocycles. The van der Waals surface area contributed by atoms with Crippen LogP contribution >= 0.6 is 11.3 Å². The van der Waals surface area contributed by atoms with E-state index < -0.39 is 10.0 Å². The predicted molar refractivity (Wildman–Crippen MR) is 98.6 cm³/mol. The summed E-state index contributed by atoms with van der Waals surface area (Å²) < 4.78 is 31.4. The van der Waals surface area contributed by atoms with E-state index in [2.05, 4.69) is 10.3 Å². The number of piperidine rings is 1. The summed E-state index contributed by atoms with van der Waals surface area (Å²) in [6.07, 6.45) is 1.06. The standard InChI is InChI=1S/C16H21N3O4S2/c1-3-25(21,22)19-8-6-11(7-9-19)15(20)18-16-17-13-5-4-12(23-2)10-14(13)24-16/h4-5,10-11H,3,6-9H2,1-2H3,(H,17,18,20). The largest absolute Gasteiger partial charge is 0.497 e. The summed E-state index contributed by atoms with van der Waals surface area (Å²) in [5.74, 6) is 0.557. The SMILES string of the molecule is CCS(=O)(=O)N1CCC(C(=O)Nc2nc3ccc(OC)cc3s2)CC1. The first-order chi connectivity index (χ1) is 11.9. The van der Waals surface area contributed by atoms with E-state index in [4.69, 9.17) is 4.74 Å². The summed E-state index contributed by atoms with van der Waals surface area (Å²) in [6.45, 7) is 2.42. The van der Waals surface area contributed by atoms with Crippen LogP contribution in [0.3, 0.4) is 0 Å². The van der Waals surface area contributed by atoms with Crippen LogP contribution in [0.15, 0.2) is 18.2 Å². The van der Waals surface area contributed by atoms with Gasteiger partial charge in [0.15, 0.2) is 5.13 Å². The summed E-state index contributed by atoms with van der Waals surface area (Å²) in [4.78, 5) is 16.9. The molecule has 0 aliphatic carbocycles. The van der Waals surface area contributed by atoms with Crippen molar-refractivity contribution in [1.29, 1.82) is 0 Å². The topological polar surface area (TPSA) is 88.6 Å². The van der Waals surface area contributed by atoms with Crippen molar-refractivity contribution in [2.24, 2.45) is 5.92 Å². The van der Waals surface area contributed by atoms with E-state index in [1.165, 1.54) is 15.6 Å². The van der Waals surface area contributed by atoms with Crippen LogP contribution in [0.1, 0.15) is 19.8 Å². The van der Waals surface area contributed by atoms with E-state index in [0.29, 0.717) is 31.1 Å². The van der Waals surface area contributed by atoms with Gasteiger partial charge >= 0.3 is 0 Å². The molecule has 1 aliphatic heterocycles. The van der Waals surface area contributed by atoms with Gasteiger partial charge in [-0.3, -0.25) is 4.79 Å². The van der Waals surface area contributed by atoms with Crippen LogP contribution in [0.25, 0.3) is 10.2 Å². The quantitative estimate of drug-likeness (QED) is 0.856. The summed E-state index contributed by atoms with van der Waals surface area (Å²) in [5, 5.41) is 3.42. The molecule has 0 atom stereocenters. The molecular weight excluding hydrogens is 362 g/mol. The van der Waals surface area contributed by atoms with Gasteiger partial charge in [0.25, 0.3) is 0 Å². The van der Waals surface area contributed by atoms with Gasteiger partial charge in [0.2, 0.25) is 15.9 Å². The number of thiazole rings is 1. The number of sulfonamides is 1. The molecule has 2 aromatic rings. The molecule has 1 amide bonds. The van der Waals surface area contributed by atoms with Gasteiger partial charge in [-0.2, -0.15) is 0 Å². The minimum absolute atomic E-state index is 0.0963. The molecule has 2 heterocycles. The molecule has 25 heavy (non-hydrogen) atoms. The van der Waals surface area contributed by atoms with Gasteiger partial charge < -0.3 is 10.1 Å². The van der Waals surface area contributed by atoms with E-state index in [-0.39, 0.29) is 17.6 Å². The van der Waals surface area contributed by atoms with E-state index in [0.717, 1.165) is 16.0 Å². The molecule has 1 aromatic heterocycles. The first-order valence-corrected chi connectivity index (χ1v) is 10.6. The second-order valence-electron chi connectivity index (χ2n) is 5.92. The first-order valence-electron chi connectivity index (χ1n) is 8.16. The molecule has 1 N–H and O–H groups in total. The average Bonchev–Trinajstić information content (AvgIpc) is 3.02. The highest BCUT2D eigenvalue weighted by molar-refractivity contribution is 7.89. The fraction of sp³-hybridized carbons (Fsp3) is 0.500. The molecule has 9 heteroatoms. The molecule has 0 bridgehead atoms. The number of hydrogen-bond donors (Lipinski definition) is 1. The Morgan fingerprint density at radius 1 is 1.40 bits per heavy atom. The van der Waals surface area contributed by atoms with Crippen LogP contribution in [0.4, 0.5) is 5.13 Å². The Balaban J connectivity index is 1.63. The fourth-order valence-electron chi connectivity index (χ4n) is 2.87. The van der Waals surface area contributed by atoms with Crippen LogP contribution in [-0.2, 0) is 14.8 Å². The zero-order valence-electron chi connectivity index (χ0n) is 14.2. The third kappa shape index (κ3) is 3.94. The molecule has 0 radical (unpaired) electrons. The molecular formula is C16H21N3O4S2. The smallest absolute Gasteiger partial charge is 0.229 e. The van der Waals surface area contributed by atoms with Crippen LogP contribution < -0.4 is 10.1 Å². The van der Waals surface area contributed by atoms with Gasteiger partial charge in [0, 0.05) is 19.0 Å². The molecule has 1 aromatic carbocycles. The lowest BCUT2D eigenvalue weighted by Gasteiger charge is -2.30. The molecule has 1 aliphatic rings. The van der Waals surface area contributed by atoms with Gasteiger partial charge in [-0.15, -0.1) is 0 Å². The number of methoxy groups -OCH3 is 1. The van der Waals surface area contributed by atoms with Crippen LogP contribution in [0.5, 0.6) is 5.75 Å². The second kappa shape index (κ2) is 7.27. The maximum atomic E-state index is 12.5. The minimum Gasteiger partial charge on any atom is -0.497 e. The van der Waals surface area contributed by atoms with Gasteiger partial charge in [0.05, 0.1) is 23.1 Å². The van der Waals surface area contributed by atoms with Crippen molar-refractivity contribution in [3.63, 3.8) is 0 Å². The monoisotopic (exact) mass is 383 g/mol. The molecule has 136 valence electrons. The van der Waals surface area contributed by atoms with Crippen LogP contribution in [0.2, 0.25) is 0 Å². The molecule has 0 saturated carbocycles. The zero-order valence-corrected chi connectivity index (χ0v) is 15.8. The van der Waals surface area contributed by atoms with E-state index in [9.17, 15) is 13.2 Å². The van der Waals surface area contributed by atoms with E-state index in [1.54, 1.807) is 14.0 Å². The van der Waals surface area contributed by atoms with Crippen molar-refractivity contribution < 1.29 is 17.9 Å². The van der Waals surface area contributed by atoms with E-state index >= 15 is 0 Å². The summed E-state index contributed by atoms with van der Waals surface area (Å²) in [7, 11) is -1.57. The minimum atomic E-state index is -3.17. The lowest BCUT2D eigenvalue weighted by molar-refractivity contribution is -0.120. The number of benzene rings is 1. The Hall–Kier alpha value is -1.71. The van der Waals surface area contributed by atoms with Crippen molar-refractivity contribution in [2.45, 2.75) is 19.8 Å². The van der Waals surface area contributed by atoms with Gasteiger partial charge in [-0.05, 0) is 38.0 Å². The molecule has 0 spiro atoms. The van der Waals surface area contributed by atoms with Crippen LogP contribution in [0, 0.1) is 5.92 Å². The summed E-state index contributed by atoms with van der Waals surface area (Å²) in [5.41, 5.74) is 0.810. The van der Waals surface area contributed by atoms with E-state index in [1.807, 2.05) is 18.2 Å². The third-order valence-electron chi connectivity index (χ3n) is 4.41. The number of fused-ring (bicyclic) bond motifs is 1.